The van der Waals surface area contributed by atoms with Gasteiger partial charge in [-0.3, -0.25) is 0 Å². The smallest absolute Gasteiger partial charge is 0.139 e. The minimum absolute atomic E-state index is 0.214. The van der Waals surface area contributed by atoms with E-state index in [4.69, 9.17) is 4.74 Å². The standard InChI is InChI=1S/C15H19BrFNO/c1-2-19-14-9-13(15(14)6-3-7-15)18-10-4-5-11(16)12(17)8-10/h4-5,8,13-14,18H,2-3,6-7,9H2,1H3. The van der Waals surface area contributed by atoms with Gasteiger partial charge in [0, 0.05) is 23.8 Å². The first kappa shape index (κ1) is 13.4. The summed E-state index contributed by atoms with van der Waals surface area (Å²) in [6, 6.07) is 5.67. The van der Waals surface area contributed by atoms with Gasteiger partial charge >= 0.3 is 0 Å². The van der Waals surface area contributed by atoms with E-state index in [1.54, 1.807) is 12.1 Å². The molecule has 2 nitrogen and oxygen atoms in total. The summed E-state index contributed by atoms with van der Waals surface area (Å²) in [5, 5.41) is 3.49. The summed E-state index contributed by atoms with van der Waals surface area (Å²) in [5.74, 6) is -0.214. The lowest BCUT2D eigenvalue weighted by molar-refractivity contribution is -0.157. The Morgan fingerprint density at radius 1 is 1.47 bits per heavy atom. The molecule has 0 saturated heterocycles. The highest BCUT2D eigenvalue weighted by atomic mass is 79.9. The van der Waals surface area contributed by atoms with E-state index >= 15 is 0 Å². The molecular weight excluding hydrogens is 309 g/mol. The molecule has 2 saturated carbocycles. The monoisotopic (exact) mass is 327 g/mol. The summed E-state index contributed by atoms with van der Waals surface area (Å²) in [6.45, 7) is 2.84. The van der Waals surface area contributed by atoms with E-state index < -0.39 is 0 Å². The van der Waals surface area contributed by atoms with Crippen molar-refractivity contribution in [1.82, 2.24) is 0 Å². The first-order valence-electron chi connectivity index (χ1n) is 6.99. The molecule has 2 fully saturated rings. The molecule has 0 heterocycles. The first-order chi connectivity index (χ1) is 9.15. The Kier molecular flexibility index (Phi) is 3.56. The van der Waals surface area contributed by atoms with Crippen molar-refractivity contribution in [3.8, 4) is 0 Å². The van der Waals surface area contributed by atoms with Gasteiger partial charge in [-0.15, -0.1) is 0 Å². The lowest BCUT2D eigenvalue weighted by atomic mass is 9.51. The molecule has 19 heavy (non-hydrogen) atoms. The molecular formula is C15H19BrFNO. The van der Waals surface area contributed by atoms with Crippen LogP contribution >= 0.6 is 15.9 Å². The van der Waals surface area contributed by atoms with Crippen LogP contribution in [0, 0.1) is 11.2 Å². The minimum atomic E-state index is -0.214. The number of hydrogen-bond donors (Lipinski definition) is 1. The Morgan fingerprint density at radius 2 is 2.26 bits per heavy atom. The van der Waals surface area contributed by atoms with Crippen LogP contribution in [0.5, 0.6) is 0 Å². The van der Waals surface area contributed by atoms with Gasteiger partial charge in [-0.1, -0.05) is 6.42 Å². The largest absolute Gasteiger partial charge is 0.381 e. The molecule has 104 valence electrons. The Hall–Kier alpha value is -0.610. The molecule has 2 unspecified atom stereocenters. The third-order valence-electron chi connectivity index (χ3n) is 4.70. The van der Waals surface area contributed by atoms with Crippen LogP contribution in [0.15, 0.2) is 22.7 Å². The van der Waals surface area contributed by atoms with E-state index in [0.717, 1.165) is 18.7 Å². The average molecular weight is 328 g/mol. The van der Waals surface area contributed by atoms with Gasteiger partial charge in [0.15, 0.2) is 0 Å². The van der Waals surface area contributed by atoms with Gasteiger partial charge in [-0.2, -0.15) is 0 Å². The molecule has 2 atom stereocenters. The number of ether oxygens (including phenoxy) is 1. The zero-order chi connectivity index (χ0) is 13.5. The lowest BCUT2D eigenvalue weighted by Crippen LogP contribution is -2.64. The molecule has 2 aliphatic carbocycles. The number of anilines is 1. The molecule has 3 rings (SSSR count). The maximum absolute atomic E-state index is 13.5. The van der Waals surface area contributed by atoms with Crippen molar-refractivity contribution in [3.63, 3.8) is 0 Å². The number of hydrogen-bond acceptors (Lipinski definition) is 2. The third-order valence-corrected chi connectivity index (χ3v) is 5.34. The summed E-state index contributed by atoms with van der Waals surface area (Å²) in [6.07, 6.45) is 5.18. The molecule has 0 radical (unpaired) electrons. The van der Waals surface area contributed by atoms with Crippen LogP contribution in [0.4, 0.5) is 10.1 Å². The molecule has 0 bridgehead atoms. The Morgan fingerprint density at radius 3 is 2.84 bits per heavy atom. The molecule has 2 aliphatic rings. The maximum atomic E-state index is 13.5. The fourth-order valence-corrected chi connectivity index (χ4v) is 3.67. The number of rotatable bonds is 4. The van der Waals surface area contributed by atoms with Crippen molar-refractivity contribution >= 4 is 21.6 Å². The van der Waals surface area contributed by atoms with Gasteiger partial charge in [-0.25, -0.2) is 4.39 Å². The minimum Gasteiger partial charge on any atom is -0.381 e. The molecule has 0 aliphatic heterocycles. The quantitative estimate of drug-likeness (QED) is 0.887. The van der Waals surface area contributed by atoms with E-state index in [0.29, 0.717) is 22.0 Å². The van der Waals surface area contributed by atoms with Crippen LogP contribution in [-0.2, 0) is 4.74 Å². The Balaban J connectivity index is 1.69. The zero-order valence-electron chi connectivity index (χ0n) is 11.1. The van der Waals surface area contributed by atoms with Gasteiger partial charge < -0.3 is 10.1 Å². The Bertz CT molecular complexity index is 475. The van der Waals surface area contributed by atoms with Crippen molar-refractivity contribution in [1.29, 1.82) is 0 Å². The molecule has 4 heteroatoms. The highest BCUT2D eigenvalue weighted by Gasteiger charge is 2.58. The van der Waals surface area contributed by atoms with Crippen molar-refractivity contribution in [3.05, 3.63) is 28.5 Å². The predicted octanol–water partition coefficient (Wildman–Crippen LogP) is 4.35. The number of benzene rings is 1. The average Bonchev–Trinajstić information content (AvgIpc) is 2.30. The summed E-state index contributed by atoms with van der Waals surface area (Å²) in [5.41, 5.74) is 1.17. The maximum Gasteiger partial charge on any atom is 0.139 e. The summed E-state index contributed by atoms with van der Waals surface area (Å²) in [7, 11) is 0. The van der Waals surface area contributed by atoms with Crippen LogP contribution in [0.25, 0.3) is 0 Å². The van der Waals surface area contributed by atoms with Crippen LogP contribution in [0.2, 0.25) is 0 Å². The van der Waals surface area contributed by atoms with Gasteiger partial charge in [0.25, 0.3) is 0 Å². The van der Waals surface area contributed by atoms with E-state index in [1.807, 2.05) is 6.07 Å². The van der Waals surface area contributed by atoms with Crippen LogP contribution in [-0.4, -0.2) is 18.8 Å². The van der Waals surface area contributed by atoms with Gasteiger partial charge in [0.1, 0.15) is 5.82 Å². The van der Waals surface area contributed by atoms with E-state index in [1.165, 1.54) is 19.3 Å². The second-order valence-electron chi connectivity index (χ2n) is 5.59. The second-order valence-corrected chi connectivity index (χ2v) is 6.45. The molecule has 0 amide bonds. The molecule has 1 aromatic rings. The van der Waals surface area contributed by atoms with E-state index in [2.05, 4.69) is 28.2 Å². The van der Waals surface area contributed by atoms with Crippen molar-refractivity contribution < 1.29 is 9.13 Å². The van der Waals surface area contributed by atoms with Crippen molar-refractivity contribution in [2.45, 2.75) is 44.8 Å². The van der Waals surface area contributed by atoms with Gasteiger partial charge in [0.2, 0.25) is 0 Å². The van der Waals surface area contributed by atoms with Gasteiger partial charge in [-0.05, 0) is 60.3 Å². The predicted molar refractivity (Wildman–Crippen MR) is 77.8 cm³/mol. The van der Waals surface area contributed by atoms with Crippen molar-refractivity contribution in [2.75, 3.05) is 11.9 Å². The third kappa shape index (κ3) is 2.19. The van der Waals surface area contributed by atoms with E-state index in [-0.39, 0.29) is 5.82 Å². The summed E-state index contributed by atoms with van der Waals surface area (Å²) in [4.78, 5) is 0. The highest BCUT2D eigenvalue weighted by Crippen LogP contribution is 2.58. The SMILES string of the molecule is CCOC1CC(Nc2ccc(Br)c(F)c2)C12CCC2. The fourth-order valence-electron chi connectivity index (χ4n) is 3.43. The molecule has 1 N–H and O–H groups in total. The number of halogens is 2. The van der Waals surface area contributed by atoms with E-state index in [9.17, 15) is 4.39 Å². The molecule has 1 aromatic carbocycles. The fraction of sp³-hybridized carbons (Fsp3) is 0.600. The summed E-state index contributed by atoms with van der Waals surface area (Å²) < 4.78 is 19.9. The Labute approximate surface area is 121 Å². The highest BCUT2D eigenvalue weighted by molar-refractivity contribution is 9.10. The van der Waals surface area contributed by atoms with Crippen LogP contribution < -0.4 is 5.32 Å². The molecule has 0 aromatic heterocycles. The molecule has 1 spiro atoms. The first-order valence-corrected chi connectivity index (χ1v) is 7.78. The summed E-state index contributed by atoms with van der Waals surface area (Å²) >= 11 is 3.18. The van der Waals surface area contributed by atoms with Crippen LogP contribution in [0.1, 0.15) is 32.6 Å². The normalized spacial score (nSPS) is 27.7. The van der Waals surface area contributed by atoms with Crippen molar-refractivity contribution in [2.24, 2.45) is 5.41 Å². The van der Waals surface area contributed by atoms with Gasteiger partial charge in [0.05, 0.1) is 10.6 Å². The lowest BCUT2D eigenvalue weighted by Gasteiger charge is -2.61. The zero-order valence-corrected chi connectivity index (χ0v) is 12.7. The topological polar surface area (TPSA) is 21.3 Å². The number of nitrogens with one attached hydrogen (secondary N) is 1. The second kappa shape index (κ2) is 5.06. The van der Waals surface area contributed by atoms with Crippen LogP contribution in [0.3, 0.4) is 0 Å².